The van der Waals surface area contributed by atoms with Crippen molar-refractivity contribution in [2.75, 3.05) is 26.2 Å². The van der Waals surface area contributed by atoms with Crippen molar-refractivity contribution in [3.63, 3.8) is 0 Å². The van der Waals surface area contributed by atoms with E-state index in [1.165, 1.54) is 35.6 Å². The summed E-state index contributed by atoms with van der Waals surface area (Å²) >= 11 is 1.22. The second kappa shape index (κ2) is 8.77. The number of carbonyl (C=O) groups is 1. The Balaban J connectivity index is 1.91. The van der Waals surface area contributed by atoms with Crippen LogP contribution < -0.4 is 5.32 Å². The van der Waals surface area contributed by atoms with Crippen molar-refractivity contribution >= 4 is 34.7 Å². The number of thioether (sulfide) groups is 1. The molecule has 0 radical (unpaired) electrons. The number of nitrogens with zero attached hydrogens (tertiary/aromatic N) is 5. The first kappa shape index (κ1) is 19.1. The molecule has 0 aliphatic carbocycles. The second-order valence-corrected chi connectivity index (χ2v) is 6.46. The molecule has 0 bridgehead atoms. The zero-order chi connectivity index (χ0) is 18.4. The molecule has 0 spiro atoms. The van der Waals surface area contributed by atoms with E-state index in [4.69, 9.17) is 0 Å². The van der Waals surface area contributed by atoms with Crippen LogP contribution in [0.15, 0.2) is 16.1 Å². The Hall–Kier alpha value is -2.20. The van der Waals surface area contributed by atoms with Crippen molar-refractivity contribution in [3.05, 3.63) is 27.0 Å². The molecule has 10 heteroatoms. The number of hydrogen-bond donors (Lipinski definition) is 1. The van der Waals surface area contributed by atoms with Crippen LogP contribution >= 0.6 is 11.8 Å². The summed E-state index contributed by atoms with van der Waals surface area (Å²) in [6.07, 6.45) is 3.65. The van der Waals surface area contributed by atoms with Gasteiger partial charge in [0.15, 0.2) is 5.17 Å². The zero-order valence-corrected chi connectivity index (χ0v) is 15.4. The molecule has 0 saturated heterocycles. The van der Waals surface area contributed by atoms with Gasteiger partial charge in [0, 0.05) is 12.6 Å². The highest BCUT2D eigenvalue weighted by molar-refractivity contribution is 8.18. The van der Waals surface area contributed by atoms with Gasteiger partial charge in [-0.1, -0.05) is 13.8 Å². The van der Waals surface area contributed by atoms with Crippen molar-refractivity contribution in [2.24, 2.45) is 12.0 Å². The lowest BCUT2D eigenvalue weighted by Gasteiger charge is -2.17. The van der Waals surface area contributed by atoms with E-state index in [-0.39, 0.29) is 11.7 Å². The molecule has 9 nitrogen and oxygen atoms in total. The molecule has 0 unspecified atom stereocenters. The number of imidazole rings is 1. The van der Waals surface area contributed by atoms with Gasteiger partial charge in [-0.2, -0.15) is 4.99 Å². The molecule has 1 aliphatic heterocycles. The van der Waals surface area contributed by atoms with Gasteiger partial charge >= 0.3 is 5.82 Å². The Morgan fingerprint density at radius 1 is 1.44 bits per heavy atom. The van der Waals surface area contributed by atoms with E-state index in [1.807, 2.05) is 0 Å². The number of aromatic nitrogens is 2. The molecule has 136 valence electrons. The predicted octanol–water partition coefficient (Wildman–Crippen LogP) is 1.62. The van der Waals surface area contributed by atoms with Crippen molar-refractivity contribution in [3.8, 4) is 0 Å². The second-order valence-electron chi connectivity index (χ2n) is 5.43. The van der Waals surface area contributed by atoms with E-state index in [9.17, 15) is 14.9 Å². The number of nitrogens with one attached hydrogen (secondary N) is 1. The van der Waals surface area contributed by atoms with Crippen molar-refractivity contribution in [2.45, 2.75) is 20.3 Å². The fourth-order valence-electron chi connectivity index (χ4n) is 2.36. The molecule has 1 aromatic heterocycles. The molecule has 0 saturated carbocycles. The molecule has 0 atom stereocenters. The number of aliphatic imine (C=N–C) groups is 1. The number of hydrogen-bond acceptors (Lipinski definition) is 7. The van der Waals surface area contributed by atoms with Gasteiger partial charge in [0.05, 0.1) is 12.0 Å². The van der Waals surface area contributed by atoms with Gasteiger partial charge < -0.3 is 20.3 Å². The van der Waals surface area contributed by atoms with E-state index in [0.29, 0.717) is 15.9 Å². The van der Waals surface area contributed by atoms with Gasteiger partial charge in [-0.05, 0) is 42.7 Å². The molecule has 2 rings (SSSR count). The number of amides is 1. The molecule has 1 amide bonds. The predicted molar refractivity (Wildman–Crippen MR) is 98.3 cm³/mol. The minimum Gasteiger partial charge on any atom is -0.364 e. The van der Waals surface area contributed by atoms with Crippen LogP contribution in [-0.2, 0) is 11.8 Å². The van der Waals surface area contributed by atoms with Crippen molar-refractivity contribution in [1.82, 2.24) is 19.8 Å². The number of carbonyl (C=O) groups excluding carboxylic acids is 1. The lowest BCUT2D eigenvalue weighted by atomic mass is 10.3. The minimum atomic E-state index is -0.516. The smallest absolute Gasteiger partial charge is 0.342 e. The summed E-state index contributed by atoms with van der Waals surface area (Å²) < 4.78 is 1.33. The summed E-state index contributed by atoms with van der Waals surface area (Å²) in [6, 6.07) is 0. The van der Waals surface area contributed by atoms with Crippen LogP contribution in [0, 0.1) is 10.1 Å². The molecule has 1 aromatic rings. The number of nitro groups is 1. The van der Waals surface area contributed by atoms with E-state index in [1.54, 1.807) is 0 Å². The Kier molecular flexibility index (Phi) is 6.71. The highest BCUT2D eigenvalue weighted by Crippen LogP contribution is 2.27. The Morgan fingerprint density at radius 2 is 2.16 bits per heavy atom. The van der Waals surface area contributed by atoms with Crippen LogP contribution in [0.5, 0.6) is 0 Å². The highest BCUT2D eigenvalue weighted by atomic mass is 32.2. The lowest BCUT2D eigenvalue weighted by Crippen LogP contribution is -2.28. The van der Waals surface area contributed by atoms with Crippen LogP contribution in [0.4, 0.5) is 5.82 Å². The third-order valence-corrected chi connectivity index (χ3v) is 4.83. The van der Waals surface area contributed by atoms with Gasteiger partial charge in [0.1, 0.15) is 6.20 Å². The largest absolute Gasteiger partial charge is 0.364 e. The molecular formula is C15H22N6O3S. The molecule has 2 heterocycles. The molecular weight excluding hydrogens is 344 g/mol. The standard InChI is InChI=1S/C15H22N6O3S/c1-4-20(5-2)8-6-7-16-15-18-14(22)11(25-15)9-12-17-10-13(19(12)3)21(23)24/h9-10H,4-8H2,1-3H3,(H,16,18,22)/b11-9-. The first-order chi connectivity index (χ1) is 12.0. The van der Waals surface area contributed by atoms with Crippen LogP contribution in [-0.4, -0.2) is 56.6 Å². The SMILES string of the molecule is CCN(CC)CCCNC1=NC(=O)/C(=C/c2ncc([N+](=O)[O-])n2C)S1. The van der Waals surface area contributed by atoms with Crippen LogP contribution in [0.3, 0.4) is 0 Å². The number of amidine groups is 1. The van der Waals surface area contributed by atoms with Crippen LogP contribution in [0.1, 0.15) is 26.1 Å². The van der Waals surface area contributed by atoms with E-state index < -0.39 is 4.92 Å². The summed E-state index contributed by atoms with van der Waals surface area (Å²) in [5, 5.41) is 14.6. The molecule has 1 aliphatic rings. The third kappa shape index (κ3) is 4.89. The van der Waals surface area contributed by atoms with Gasteiger partial charge in [-0.25, -0.2) is 9.55 Å². The maximum absolute atomic E-state index is 12.0. The summed E-state index contributed by atoms with van der Waals surface area (Å²) in [5.74, 6) is -0.139. The molecule has 25 heavy (non-hydrogen) atoms. The van der Waals surface area contributed by atoms with Gasteiger partial charge in [-0.3, -0.25) is 4.79 Å². The Labute approximate surface area is 150 Å². The van der Waals surface area contributed by atoms with E-state index >= 15 is 0 Å². The number of rotatable bonds is 8. The van der Waals surface area contributed by atoms with Crippen LogP contribution in [0.25, 0.3) is 6.08 Å². The average molecular weight is 366 g/mol. The average Bonchev–Trinajstić information content (AvgIpc) is 3.11. The summed E-state index contributed by atoms with van der Waals surface area (Å²) in [4.78, 5) is 33.0. The van der Waals surface area contributed by atoms with Gasteiger partial charge in [0.25, 0.3) is 5.91 Å². The maximum atomic E-state index is 12.0. The normalized spacial score (nSPS) is 15.9. The fraction of sp³-hybridized carbons (Fsp3) is 0.533. The summed E-state index contributed by atoms with van der Waals surface area (Å²) in [6.45, 7) is 8.03. The molecule has 0 fully saturated rings. The Bertz CT molecular complexity index is 708. The van der Waals surface area contributed by atoms with Crippen LogP contribution in [0.2, 0.25) is 0 Å². The zero-order valence-electron chi connectivity index (χ0n) is 14.6. The first-order valence-corrected chi connectivity index (χ1v) is 8.92. The molecule has 0 aromatic carbocycles. The summed E-state index contributed by atoms with van der Waals surface area (Å²) in [5.41, 5.74) is 0. The fourth-order valence-corrected chi connectivity index (χ4v) is 3.17. The Morgan fingerprint density at radius 3 is 2.76 bits per heavy atom. The van der Waals surface area contributed by atoms with Crippen molar-refractivity contribution < 1.29 is 9.72 Å². The quantitative estimate of drug-likeness (QED) is 0.322. The summed E-state index contributed by atoms with van der Waals surface area (Å²) in [7, 11) is 1.54. The highest BCUT2D eigenvalue weighted by Gasteiger charge is 2.24. The van der Waals surface area contributed by atoms with E-state index in [2.05, 4.69) is 34.0 Å². The monoisotopic (exact) mass is 366 g/mol. The van der Waals surface area contributed by atoms with Gasteiger partial charge in [0.2, 0.25) is 5.82 Å². The topological polar surface area (TPSA) is 106 Å². The minimum absolute atomic E-state index is 0.127. The molecule has 1 N–H and O–H groups in total. The van der Waals surface area contributed by atoms with Crippen molar-refractivity contribution in [1.29, 1.82) is 0 Å². The van der Waals surface area contributed by atoms with Gasteiger partial charge in [-0.15, -0.1) is 0 Å². The third-order valence-electron chi connectivity index (χ3n) is 3.89. The maximum Gasteiger partial charge on any atom is 0.342 e. The lowest BCUT2D eigenvalue weighted by molar-refractivity contribution is -0.391. The first-order valence-electron chi connectivity index (χ1n) is 8.11. The van der Waals surface area contributed by atoms with E-state index in [0.717, 1.165) is 32.6 Å².